The zero-order valence-electron chi connectivity index (χ0n) is 22.0. The largest absolute Gasteiger partial charge is 0.492 e. The van der Waals surface area contributed by atoms with Gasteiger partial charge < -0.3 is 24.2 Å². The van der Waals surface area contributed by atoms with E-state index in [0.717, 1.165) is 65.7 Å². The third kappa shape index (κ3) is 6.94. The summed E-state index contributed by atoms with van der Waals surface area (Å²) in [5.41, 5.74) is 1.39. The van der Waals surface area contributed by atoms with E-state index < -0.39 is 5.60 Å². The van der Waals surface area contributed by atoms with Crippen molar-refractivity contribution < 1.29 is 19.3 Å². The van der Waals surface area contributed by atoms with Crippen LogP contribution in [-0.2, 0) is 10.3 Å². The summed E-state index contributed by atoms with van der Waals surface area (Å²) >= 11 is 3.54. The molecule has 37 heavy (non-hydrogen) atoms. The molecular formula is C31H38BrNO4. The lowest BCUT2D eigenvalue weighted by Crippen LogP contribution is -2.35. The predicted octanol–water partition coefficient (Wildman–Crippen LogP) is 6.72. The van der Waals surface area contributed by atoms with Crippen molar-refractivity contribution in [1.29, 1.82) is 0 Å². The van der Waals surface area contributed by atoms with Crippen molar-refractivity contribution >= 4 is 15.9 Å². The summed E-state index contributed by atoms with van der Waals surface area (Å²) < 4.78 is 18.9. The molecule has 3 aromatic rings. The second-order valence-electron chi connectivity index (χ2n) is 9.90. The number of halogens is 1. The quantitative estimate of drug-likeness (QED) is 0.278. The molecule has 3 aromatic carbocycles. The first-order valence-corrected chi connectivity index (χ1v) is 13.9. The summed E-state index contributed by atoms with van der Waals surface area (Å²) in [6.07, 6.45) is 3.54. The predicted molar refractivity (Wildman–Crippen MR) is 151 cm³/mol. The van der Waals surface area contributed by atoms with Gasteiger partial charge in [0.05, 0.1) is 6.61 Å². The van der Waals surface area contributed by atoms with E-state index in [1.807, 2.05) is 74.8 Å². The number of ether oxygens (including phenoxy) is 3. The molecule has 0 spiro atoms. The van der Waals surface area contributed by atoms with Gasteiger partial charge in [-0.05, 0) is 86.4 Å². The van der Waals surface area contributed by atoms with Gasteiger partial charge in [0.1, 0.15) is 23.7 Å². The van der Waals surface area contributed by atoms with Gasteiger partial charge in [0.2, 0.25) is 0 Å². The van der Waals surface area contributed by atoms with Crippen LogP contribution in [0, 0.1) is 0 Å². The highest BCUT2D eigenvalue weighted by molar-refractivity contribution is 9.10. The Bertz CT molecular complexity index is 1110. The third-order valence-electron chi connectivity index (χ3n) is 6.97. The molecule has 1 N–H and O–H groups in total. The van der Waals surface area contributed by atoms with Crippen LogP contribution in [0.5, 0.6) is 11.5 Å². The van der Waals surface area contributed by atoms with Gasteiger partial charge in [-0.1, -0.05) is 59.3 Å². The standard InChI is InChI=1S/C31H38BrNO4/c1-4-29(23-11-15-26(32)16-12-23)31(34,24-13-17-27(18-14-24)35-21-19-33(2)3)25-8-7-9-28(22-25)37-30-10-5-6-20-36-30/h7-9,11-18,22,29-30,34H,4-6,10,19-21H2,1-3H3. The Morgan fingerprint density at radius 2 is 1.76 bits per heavy atom. The highest BCUT2D eigenvalue weighted by Gasteiger charge is 2.40. The molecule has 0 amide bonds. The van der Waals surface area contributed by atoms with Crippen LogP contribution in [0.15, 0.2) is 77.3 Å². The van der Waals surface area contributed by atoms with E-state index in [4.69, 9.17) is 14.2 Å². The molecule has 4 rings (SSSR count). The number of aliphatic hydroxyl groups is 1. The van der Waals surface area contributed by atoms with Gasteiger partial charge in [0.15, 0.2) is 6.29 Å². The van der Waals surface area contributed by atoms with Crippen LogP contribution in [0.4, 0.5) is 0 Å². The molecule has 1 fully saturated rings. The second-order valence-corrected chi connectivity index (χ2v) is 10.8. The van der Waals surface area contributed by atoms with Gasteiger partial charge in [-0.25, -0.2) is 0 Å². The summed E-state index contributed by atoms with van der Waals surface area (Å²) in [7, 11) is 4.05. The van der Waals surface area contributed by atoms with Gasteiger partial charge in [-0.3, -0.25) is 0 Å². The van der Waals surface area contributed by atoms with Gasteiger partial charge in [-0.15, -0.1) is 0 Å². The fourth-order valence-electron chi connectivity index (χ4n) is 4.95. The first-order chi connectivity index (χ1) is 17.9. The first kappa shape index (κ1) is 27.6. The van der Waals surface area contributed by atoms with Crippen molar-refractivity contribution in [3.05, 3.63) is 94.0 Å². The van der Waals surface area contributed by atoms with Gasteiger partial charge in [-0.2, -0.15) is 0 Å². The van der Waals surface area contributed by atoms with Crippen molar-refractivity contribution in [2.75, 3.05) is 33.9 Å². The van der Waals surface area contributed by atoms with E-state index in [0.29, 0.717) is 12.4 Å². The lowest BCUT2D eigenvalue weighted by Gasteiger charge is -2.38. The molecule has 1 saturated heterocycles. The smallest absolute Gasteiger partial charge is 0.199 e. The second kappa shape index (κ2) is 12.9. The van der Waals surface area contributed by atoms with Crippen LogP contribution >= 0.6 is 15.9 Å². The molecule has 5 nitrogen and oxygen atoms in total. The summed E-state index contributed by atoms with van der Waals surface area (Å²) in [5.74, 6) is 1.32. The minimum atomic E-state index is -1.28. The van der Waals surface area contributed by atoms with Crippen LogP contribution in [-0.4, -0.2) is 50.2 Å². The van der Waals surface area contributed by atoms with Crippen molar-refractivity contribution in [3.63, 3.8) is 0 Å². The van der Waals surface area contributed by atoms with Crippen molar-refractivity contribution in [2.24, 2.45) is 0 Å². The average molecular weight is 569 g/mol. The highest BCUT2D eigenvalue weighted by atomic mass is 79.9. The highest BCUT2D eigenvalue weighted by Crippen LogP contribution is 2.45. The zero-order valence-corrected chi connectivity index (χ0v) is 23.6. The van der Waals surface area contributed by atoms with E-state index in [1.165, 1.54) is 0 Å². The molecule has 0 saturated carbocycles. The lowest BCUT2D eigenvalue weighted by atomic mass is 9.72. The molecule has 198 valence electrons. The molecule has 0 aliphatic carbocycles. The van der Waals surface area contributed by atoms with E-state index in [2.05, 4.69) is 39.9 Å². The molecule has 0 bridgehead atoms. The average Bonchev–Trinajstić information content (AvgIpc) is 2.91. The van der Waals surface area contributed by atoms with E-state index in [-0.39, 0.29) is 12.2 Å². The van der Waals surface area contributed by atoms with Crippen LogP contribution < -0.4 is 9.47 Å². The maximum atomic E-state index is 12.7. The Balaban J connectivity index is 1.70. The maximum Gasteiger partial charge on any atom is 0.199 e. The molecule has 1 aliphatic heterocycles. The molecule has 0 radical (unpaired) electrons. The zero-order chi connectivity index (χ0) is 26.3. The summed E-state index contributed by atoms with van der Waals surface area (Å²) in [5, 5.41) is 12.7. The van der Waals surface area contributed by atoms with Gasteiger partial charge in [0.25, 0.3) is 0 Å². The number of rotatable bonds is 11. The molecule has 3 atom stereocenters. The summed E-state index contributed by atoms with van der Waals surface area (Å²) in [6.45, 7) is 4.28. The number of likely N-dealkylation sites (N-methyl/N-ethyl adjacent to an activating group) is 1. The van der Waals surface area contributed by atoms with Crippen LogP contribution in [0.3, 0.4) is 0 Å². The fourth-order valence-corrected chi connectivity index (χ4v) is 5.21. The van der Waals surface area contributed by atoms with Gasteiger partial charge in [0, 0.05) is 23.4 Å². The summed E-state index contributed by atoms with van der Waals surface area (Å²) in [4.78, 5) is 2.09. The Kier molecular flexibility index (Phi) is 9.65. The lowest BCUT2D eigenvalue weighted by molar-refractivity contribution is -0.106. The third-order valence-corrected chi connectivity index (χ3v) is 7.49. The molecule has 1 aliphatic rings. The molecular weight excluding hydrogens is 530 g/mol. The number of hydrogen-bond acceptors (Lipinski definition) is 5. The minimum Gasteiger partial charge on any atom is -0.492 e. The van der Waals surface area contributed by atoms with Gasteiger partial charge >= 0.3 is 0 Å². The van der Waals surface area contributed by atoms with Crippen LogP contribution in [0.1, 0.15) is 55.2 Å². The Hall–Kier alpha value is -2.38. The van der Waals surface area contributed by atoms with E-state index >= 15 is 0 Å². The van der Waals surface area contributed by atoms with Crippen molar-refractivity contribution in [3.8, 4) is 11.5 Å². The molecule has 0 aromatic heterocycles. The molecule has 1 heterocycles. The Labute approximate surface area is 229 Å². The molecule has 6 heteroatoms. The molecule has 3 unspecified atom stereocenters. The monoisotopic (exact) mass is 567 g/mol. The minimum absolute atomic E-state index is 0.178. The Morgan fingerprint density at radius 1 is 1.00 bits per heavy atom. The van der Waals surface area contributed by atoms with E-state index in [1.54, 1.807) is 0 Å². The number of nitrogens with zero attached hydrogens (tertiary/aromatic N) is 1. The number of benzene rings is 3. The maximum absolute atomic E-state index is 12.7. The van der Waals surface area contributed by atoms with E-state index in [9.17, 15) is 5.11 Å². The normalized spacial score (nSPS) is 18.3. The first-order valence-electron chi connectivity index (χ1n) is 13.1. The summed E-state index contributed by atoms with van der Waals surface area (Å²) in [6, 6.07) is 23.9. The van der Waals surface area contributed by atoms with Crippen molar-refractivity contribution in [1.82, 2.24) is 4.90 Å². The topological polar surface area (TPSA) is 51.2 Å². The van der Waals surface area contributed by atoms with Crippen LogP contribution in [0.2, 0.25) is 0 Å². The fraction of sp³-hybridized carbons (Fsp3) is 0.419. The van der Waals surface area contributed by atoms with Crippen LogP contribution in [0.25, 0.3) is 0 Å². The SMILES string of the molecule is CCC(c1ccc(Br)cc1)C(O)(c1ccc(OCCN(C)C)cc1)c1cccc(OC2CCCCO2)c1. The van der Waals surface area contributed by atoms with Crippen molar-refractivity contribution in [2.45, 2.75) is 50.4 Å². The Morgan fingerprint density at radius 3 is 2.41 bits per heavy atom. The number of hydrogen-bond donors (Lipinski definition) is 1.